The topological polar surface area (TPSA) is 24.1 Å². The molecule has 0 rings (SSSR count). The lowest BCUT2D eigenvalue weighted by atomic mass is 9.97. The molecule has 0 fully saturated rings. The van der Waals surface area contributed by atoms with Crippen LogP contribution in [0.4, 0.5) is 0 Å². The summed E-state index contributed by atoms with van der Waals surface area (Å²) < 4.78 is 0. The van der Waals surface area contributed by atoms with E-state index < -0.39 is 0 Å². The summed E-state index contributed by atoms with van der Waals surface area (Å²) in [5, 5.41) is 7.22. The fourth-order valence-corrected chi connectivity index (χ4v) is 2.36. The molecule has 0 saturated heterocycles. The van der Waals surface area contributed by atoms with E-state index in [2.05, 4.69) is 59.1 Å². The van der Waals surface area contributed by atoms with Gasteiger partial charge in [0.05, 0.1) is 0 Å². The van der Waals surface area contributed by atoms with E-state index in [1.54, 1.807) is 0 Å². The summed E-state index contributed by atoms with van der Waals surface area (Å²) in [6.45, 7) is 18.9. The summed E-state index contributed by atoms with van der Waals surface area (Å²) in [5.41, 5.74) is 0.212. The van der Waals surface area contributed by atoms with Crippen LogP contribution in [0.5, 0.6) is 0 Å². The van der Waals surface area contributed by atoms with E-state index in [1.807, 2.05) is 0 Å². The van der Waals surface area contributed by atoms with Crippen LogP contribution in [0.1, 0.15) is 67.2 Å². The van der Waals surface area contributed by atoms with Gasteiger partial charge in [-0.1, -0.05) is 33.6 Å². The molecule has 0 saturated carbocycles. The molecule has 0 aromatic carbocycles. The number of hydrogen-bond acceptors (Lipinski definition) is 2. The first-order valence-corrected chi connectivity index (χ1v) is 7.66. The number of rotatable bonds is 10. The van der Waals surface area contributed by atoms with Crippen LogP contribution >= 0.6 is 0 Å². The highest BCUT2D eigenvalue weighted by atomic mass is 15.0. The van der Waals surface area contributed by atoms with Crippen LogP contribution in [0.2, 0.25) is 0 Å². The van der Waals surface area contributed by atoms with Gasteiger partial charge in [0.2, 0.25) is 0 Å². The molecule has 0 spiro atoms. The molecule has 3 atom stereocenters. The average Bonchev–Trinajstić information content (AvgIpc) is 2.26. The van der Waals surface area contributed by atoms with Gasteiger partial charge < -0.3 is 10.6 Å². The lowest BCUT2D eigenvalue weighted by Gasteiger charge is -2.30. The van der Waals surface area contributed by atoms with E-state index in [9.17, 15) is 0 Å². The zero-order valence-corrected chi connectivity index (χ0v) is 13.5. The summed E-state index contributed by atoms with van der Waals surface area (Å²) in [5.74, 6) is 0.748. The summed E-state index contributed by atoms with van der Waals surface area (Å²) in [6.07, 6.45) is 4.75. The molecule has 0 aliphatic carbocycles. The number of nitrogens with one attached hydrogen (secondary N) is 2. The maximum atomic E-state index is 4.22. The number of hydrogen-bond donors (Lipinski definition) is 2. The van der Waals surface area contributed by atoms with Gasteiger partial charge in [0.15, 0.2) is 0 Å². The Hall–Kier alpha value is -0.0800. The second kappa shape index (κ2) is 8.92. The second-order valence-corrected chi connectivity index (χ2v) is 6.39. The highest BCUT2D eigenvalue weighted by molar-refractivity contribution is 4.83. The smallest absolute Gasteiger partial charge is 0.0127 e. The monoisotopic (exact) mass is 255 g/mol. The molecule has 3 unspecified atom stereocenters. The highest BCUT2D eigenvalue weighted by Crippen LogP contribution is 2.12. The Balaban J connectivity index is 3.80. The Kier molecular flexibility index (Phi) is 8.89. The molecule has 0 amide bonds. The fourth-order valence-electron chi connectivity index (χ4n) is 2.36. The van der Waals surface area contributed by atoms with Crippen molar-refractivity contribution in [1.29, 1.82) is 0 Å². The van der Waals surface area contributed by atoms with Crippen LogP contribution in [0, 0.1) is 12.8 Å². The van der Waals surface area contributed by atoms with E-state index in [0.29, 0.717) is 12.1 Å². The molecule has 2 nitrogen and oxygen atoms in total. The Bertz CT molecular complexity index is 201. The van der Waals surface area contributed by atoms with Crippen molar-refractivity contribution in [1.82, 2.24) is 10.6 Å². The normalized spacial score (nSPS) is 17.5. The molecule has 0 aromatic heterocycles. The molecular weight excluding hydrogens is 220 g/mol. The first kappa shape index (κ1) is 17.9. The SMILES string of the molecule is [CH2]C(CCNC(C)C(C)CC)NC(C)(C)CCC. The van der Waals surface area contributed by atoms with Crippen LogP contribution in [0.15, 0.2) is 0 Å². The van der Waals surface area contributed by atoms with Gasteiger partial charge in [0, 0.05) is 17.6 Å². The standard InChI is InChI=1S/C16H35N2/c1-8-11-16(6,7)18-14(4)10-12-17-15(5)13(3)9-2/h13-15,17-18H,4,8-12H2,1-3,5-7H3. The van der Waals surface area contributed by atoms with Gasteiger partial charge in [0.1, 0.15) is 0 Å². The summed E-state index contributed by atoms with van der Waals surface area (Å²) in [6, 6.07) is 0.939. The zero-order chi connectivity index (χ0) is 14.2. The van der Waals surface area contributed by atoms with Gasteiger partial charge in [-0.2, -0.15) is 0 Å². The Labute approximate surface area is 115 Å². The quantitative estimate of drug-likeness (QED) is 0.621. The van der Waals surface area contributed by atoms with Crippen molar-refractivity contribution in [3.63, 3.8) is 0 Å². The molecule has 0 aliphatic rings. The Morgan fingerprint density at radius 1 is 1.17 bits per heavy atom. The Morgan fingerprint density at radius 3 is 2.28 bits per heavy atom. The maximum Gasteiger partial charge on any atom is 0.0127 e. The van der Waals surface area contributed by atoms with E-state index in [4.69, 9.17) is 0 Å². The molecule has 0 aromatic rings. The third kappa shape index (κ3) is 8.10. The molecule has 2 heteroatoms. The van der Waals surface area contributed by atoms with Crippen LogP contribution in [-0.2, 0) is 0 Å². The zero-order valence-electron chi connectivity index (χ0n) is 13.5. The maximum absolute atomic E-state index is 4.22. The molecule has 18 heavy (non-hydrogen) atoms. The van der Waals surface area contributed by atoms with Crippen molar-refractivity contribution < 1.29 is 0 Å². The first-order valence-electron chi connectivity index (χ1n) is 7.66. The molecule has 0 heterocycles. The predicted octanol–water partition coefficient (Wildman–Crippen LogP) is 3.77. The van der Waals surface area contributed by atoms with Gasteiger partial charge in [-0.05, 0) is 53.0 Å². The molecule has 0 aliphatic heterocycles. The van der Waals surface area contributed by atoms with Gasteiger partial charge in [0.25, 0.3) is 0 Å². The van der Waals surface area contributed by atoms with Crippen LogP contribution < -0.4 is 10.6 Å². The van der Waals surface area contributed by atoms with Crippen molar-refractivity contribution in [3.05, 3.63) is 6.92 Å². The lowest BCUT2D eigenvalue weighted by Crippen LogP contribution is -2.46. The summed E-state index contributed by atoms with van der Waals surface area (Å²) >= 11 is 0. The van der Waals surface area contributed by atoms with Crippen molar-refractivity contribution >= 4 is 0 Å². The predicted molar refractivity (Wildman–Crippen MR) is 82.8 cm³/mol. The fraction of sp³-hybridized carbons (Fsp3) is 0.938. The van der Waals surface area contributed by atoms with Gasteiger partial charge in [-0.15, -0.1) is 0 Å². The molecule has 2 N–H and O–H groups in total. The summed E-state index contributed by atoms with van der Waals surface area (Å²) in [4.78, 5) is 0. The minimum absolute atomic E-state index is 0.212. The lowest BCUT2D eigenvalue weighted by molar-refractivity contribution is 0.316. The van der Waals surface area contributed by atoms with Crippen molar-refractivity contribution in [2.75, 3.05) is 6.54 Å². The minimum atomic E-state index is 0.212. The first-order chi connectivity index (χ1) is 8.32. The third-order valence-electron chi connectivity index (χ3n) is 3.93. The van der Waals surface area contributed by atoms with Gasteiger partial charge in [-0.3, -0.25) is 0 Å². The minimum Gasteiger partial charge on any atom is -0.314 e. The van der Waals surface area contributed by atoms with E-state index in [-0.39, 0.29) is 5.54 Å². The van der Waals surface area contributed by atoms with Crippen molar-refractivity contribution in [3.8, 4) is 0 Å². The Morgan fingerprint density at radius 2 is 1.78 bits per heavy atom. The van der Waals surface area contributed by atoms with Crippen LogP contribution in [-0.4, -0.2) is 24.2 Å². The van der Waals surface area contributed by atoms with E-state index in [0.717, 1.165) is 18.9 Å². The van der Waals surface area contributed by atoms with Crippen molar-refractivity contribution in [2.45, 2.75) is 84.8 Å². The van der Waals surface area contributed by atoms with Crippen LogP contribution in [0.25, 0.3) is 0 Å². The van der Waals surface area contributed by atoms with Gasteiger partial charge in [-0.25, -0.2) is 0 Å². The van der Waals surface area contributed by atoms with Gasteiger partial charge >= 0.3 is 0 Å². The molecule has 1 radical (unpaired) electrons. The van der Waals surface area contributed by atoms with Crippen molar-refractivity contribution in [2.24, 2.45) is 5.92 Å². The largest absolute Gasteiger partial charge is 0.314 e. The molecule has 0 bridgehead atoms. The van der Waals surface area contributed by atoms with E-state index in [1.165, 1.54) is 19.3 Å². The third-order valence-corrected chi connectivity index (χ3v) is 3.93. The summed E-state index contributed by atoms with van der Waals surface area (Å²) in [7, 11) is 0. The molecule has 109 valence electrons. The molecular formula is C16H35N2. The highest BCUT2D eigenvalue weighted by Gasteiger charge is 2.18. The average molecular weight is 255 g/mol. The second-order valence-electron chi connectivity index (χ2n) is 6.39. The van der Waals surface area contributed by atoms with Crippen LogP contribution in [0.3, 0.4) is 0 Å². The van der Waals surface area contributed by atoms with E-state index >= 15 is 0 Å².